The highest BCUT2D eigenvalue weighted by Gasteiger charge is 2.68. The van der Waals surface area contributed by atoms with Crippen molar-refractivity contribution in [3.05, 3.63) is 0 Å². The molecule has 0 aromatic carbocycles. The van der Waals surface area contributed by atoms with Crippen LogP contribution in [0.25, 0.3) is 0 Å². The summed E-state index contributed by atoms with van der Waals surface area (Å²) in [5.41, 5.74) is 1.28. The van der Waals surface area contributed by atoms with E-state index in [1.165, 1.54) is 25.0 Å². The molecule has 1 heterocycles. The highest BCUT2D eigenvalue weighted by molar-refractivity contribution is 6.79. The third kappa shape index (κ3) is 0.979. The van der Waals surface area contributed by atoms with Crippen molar-refractivity contribution >= 4 is 13.8 Å². The van der Waals surface area contributed by atoms with E-state index in [1.54, 1.807) is 0 Å². The third-order valence-corrected chi connectivity index (χ3v) is 8.13. The SMILES string of the molecule is CC1=NO[C@]2([Si](C)(C)C)[C@H]3CC[C@H](C3)[C@H]12. The van der Waals surface area contributed by atoms with Gasteiger partial charge in [0.1, 0.15) is 13.3 Å². The molecule has 2 aliphatic carbocycles. The minimum atomic E-state index is -1.31. The molecule has 3 aliphatic rings. The van der Waals surface area contributed by atoms with Crippen LogP contribution >= 0.6 is 0 Å². The maximum atomic E-state index is 6.02. The molecule has 0 saturated heterocycles. The summed E-state index contributed by atoms with van der Waals surface area (Å²) in [6.45, 7) is 9.53. The minimum Gasteiger partial charge on any atom is -0.392 e. The zero-order chi connectivity index (χ0) is 10.8. The fraction of sp³-hybridized carbons (Fsp3) is 0.917. The Balaban J connectivity index is 2.08. The van der Waals surface area contributed by atoms with Crippen LogP contribution < -0.4 is 0 Å². The maximum Gasteiger partial charge on any atom is 0.135 e. The molecule has 2 bridgehead atoms. The van der Waals surface area contributed by atoms with Gasteiger partial charge in [-0.2, -0.15) is 0 Å². The average Bonchev–Trinajstić information content (AvgIpc) is 2.74. The first kappa shape index (κ1) is 9.88. The molecule has 3 rings (SSSR count). The molecule has 84 valence electrons. The number of hydrogen-bond acceptors (Lipinski definition) is 2. The molecule has 0 radical (unpaired) electrons. The minimum absolute atomic E-state index is 0.167. The Morgan fingerprint density at radius 3 is 2.67 bits per heavy atom. The first-order chi connectivity index (χ1) is 6.97. The van der Waals surface area contributed by atoms with E-state index in [1.807, 2.05) is 0 Å². The summed E-state index contributed by atoms with van der Waals surface area (Å²) >= 11 is 0. The van der Waals surface area contributed by atoms with Crippen molar-refractivity contribution in [2.45, 2.75) is 51.1 Å². The molecule has 4 atom stereocenters. The summed E-state index contributed by atoms with van der Waals surface area (Å²) in [4.78, 5) is 6.02. The quantitative estimate of drug-likeness (QED) is 0.626. The number of rotatable bonds is 1. The van der Waals surface area contributed by atoms with Gasteiger partial charge in [-0.3, -0.25) is 0 Å². The molecule has 0 aromatic heterocycles. The molecule has 2 saturated carbocycles. The van der Waals surface area contributed by atoms with Crippen molar-refractivity contribution in [3.63, 3.8) is 0 Å². The van der Waals surface area contributed by atoms with E-state index < -0.39 is 8.07 Å². The van der Waals surface area contributed by atoms with Gasteiger partial charge in [0.05, 0.1) is 5.71 Å². The lowest BCUT2D eigenvalue weighted by molar-refractivity contribution is -0.0202. The number of fused-ring (bicyclic) bond motifs is 5. The van der Waals surface area contributed by atoms with Crippen LogP contribution in [0.4, 0.5) is 0 Å². The molecule has 0 amide bonds. The van der Waals surface area contributed by atoms with Gasteiger partial charge in [0.25, 0.3) is 0 Å². The van der Waals surface area contributed by atoms with E-state index in [0.717, 1.165) is 11.8 Å². The fourth-order valence-electron chi connectivity index (χ4n) is 4.52. The van der Waals surface area contributed by atoms with Crippen LogP contribution in [0.15, 0.2) is 5.16 Å². The summed E-state index contributed by atoms with van der Waals surface area (Å²) < 4.78 is 0. The Morgan fingerprint density at radius 1 is 1.33 bits per heavy atom. The second kappa shape index (κ2) is 2.68. The van der Waals surface area contributed by atoms with Gasteiger partial charge in [0.2, 0.25) is 0 Å². The lowest BCUT2D eigenvalue weighted by atomic mass is 9.83. The van der Waals surface area contributed by atoms with E-state index >= 15 is 0 Å². The summed E-state index contributed by atoms with van der Waals surface area (Å²) in [7, 11) is -1.31. The molecular weight excluding hydrogens is 202 g/mol. The van der Waals surface area contributed by atoms with Gasteiger partial charge in [-0.1, -0.05) is 24.8 Å². The van der Waals surface area contributed by atoms with Crippen LogP contribution in [-0.4, -0.2) is 19.0 Å². The monoisotopic (exact) mass is 223 g/mol. The summed E-state index contributed by atoms with van der Waals surface area (Å²) in [5, 5.41) is 4.52. The zero-order valence-corrected chi connectivity index (χ0v) is 11.2. The second-order valence-corrected chi connectivity index (χ2v) is 11.9. The van der Waals surface area contributed by atoms with Crippen molar-refractivity contribution < 1.29 is 4.84 Å². The maximum absolute atomic E-state index is 6.02. The Kier molecular flexibility index (Phi) is 1.76. The Bertz CT molecular complexity index is 333. The lowest BCUT2D eigenvalue weighted by Gasteiger charge is -2.45. The van der Waals surface area contributed by atoms with Crippen LogP contribution in [0.2, 0.25) is 19.6 Å². The number of hydrogen-bond donors (Lipinski definition) is 0. The van der Waals surface area contributed by atoms with Gasteiger partial charge < -0.3 is 4.84 Å². The second-order valence-electron chi connectivity index (χ2n) is 6.61. The van der Waals surface area contributed by atoms with Gasteiger partial charge in [-0.25, -0.2) is 0 Å². The highest BCUT2D eigenvalue weighted by atomic mass is 28.3. The van der Waals surface area contributed by atoms with Crippen molar-refractivity contribution in [1.82, 2.24) is 0 Å². The molecule has 0 aromatic rings. The van der Waals surface area contributed by atoms with Gasteiger partial charge in [-0.15, -0.1) is 0 Å². The van der Waals surface area contributed by atoms with Gasteiger partial charge in [0.15, 0.2) is 0 Å². The number of oxime groups is 1. The molecule has 0 N–H and O–H groups in total. The van der Waals surface area contributed by atoms with Crippen molar-refractivity contribution in [2.75, 3.05) is 0 Å². The van der Waals surface area contributed by atoms with Crippen molar-refractivity contribution in [2.24, 2.45) is 22.9 Å². The van der Waals surface area contributed by atoms with Crippen LogP contribution in [0.1, 0.15) is 26.2 Å². The molecule has 0 unspecified atom stereocenters. The summed E-state index contributed by atoms with van der Waals surface area (Å²) in [6, 6.07) is 0. The van der Waals surface area contributed by atoms with E-state index in [-0.39, 0.29) is 5.22 Å². The zero-order valence-electron chi connectivity index (χ0n) is 10.2. The highest BCUT2D eigenvalue weighted by Crippen LogP contribution is 2.62. The number of nitrogens with zero attached hydrogens (tertiary/aromatic N) is 1. The smallest absolute Gasteiger partial charge is 0.135 e. The van der Waals surface area contributed by atoms with Gasteiger partial charge in [0, 0.05) is 5.92 Å². The molecular formula is C12H21NOSi. The standard InChI is InChI=1S/C12H21NOSi/c1-8-11-9-5-6-10(7-9)12(11,14-13-8)15(2,3)4/h9-11H,5-7H2,1-4H3/t9-,10+,11+,12+/m1/s1. The fourth-order valence-corrected chi connectivity index (χ4v) is 7.70. The summed E-state index contributed by atoms with van der Waals surface area (Å²) in [6.07, 6.45) is 4.20. The van der Waals surface area contributed by atoms with Gasteiger partial charge in [-0.05, 0) is 38.0 Å². The summed E-state index contributed by atoms with van der Waals surface area (Å²) in [5.74, 6) is 2.36. The molecule has 15 heavy (non-hydrogen) atoms. The van der Waals surface area contributed by atoms with Crippen LogP contribution in [-0.2, 0) is 4.84 Å². The third-order valence-electron chi connectivity index (χ3n) is 4.98. The first-order valence-corrected chi connectivity index (χ1v) is 9.69. The van der Waals surface area contributed by atoms with Crippen LogP contribution in [0.3, 0.4) is 0 Å². The van der Waals surface area contributed by atoms with Gasteiger partial charge >= 0.3 is 0 Å². The van der Waals surface area contributed by atoms with E-state index in [2.05, 4.69) is 31.7 Å². The van der Waals surface area contributed by atoms with Crippen LogP contribution in [0.5, 0.6) is 0 Å². The van der Waals surface area contributed by atoms with E-state index in [4.69, 9.17) is 4.84 Å². The molecule has 2 fully saturated rings. The molecule has 1 aliphatic heterocycles. The lowest BCUT2D eigenvalue weighted by Crippen LogP contribution is -2.60. The average molecular weight is 223 g/mol. The predicted octanol–water partition coefficient (Wildman–Crippen LogP) is 3.05. The largest absolute Gasteiger partial charge is 0.392 e. The van der Waals surface area contributed by atoms with E-state index in [9.17, 15) is 0 Å². The Labute approximate surface area is 93.1 Å². The molecule has 0 spiro atoms. The normalized spacial score (nSPS) is 47.7. The van der Waals surface area contributed by atoms with Crippen molar-refractivity contribution in [3.8, 4) is 0 Å². The topological polar surface area (TPSA) is 21.6 Å². The first-order valence-electron chi connectivity index (χ1n) is 6.19. The molecule has 2 nitrogen and oxygen atoms in total. The predicted molar refractivity (Wildman–Crippen MR) is 64.6 cm³/mol. The van der Waals surface area contributed by atoms with E-state index in [0.29, 0.717) is 5.92 Å². The molecule has 3 heteroatoms. The van der Waals surface area contributed by atoms with Crippen LogP contribution in [0, 0.1) is 17.8 Å². The Morgan fingerprint density at radius 2 is 2.07 bits per heavy atom. The van der Waals surface area contributed by atoms with Crippen molar-refractivity contribution in [1.29, 1.82) is 0 Å². The Hall–Kier alpha value is -0.313.